The molecule has 0 atom stereocenters. The molecular weight excluding hydrogens is 312 g/mol. The van der Waals surface area contributed by atoms with Crippen LogP contribution in [-0.2, 0) is 5.41 Å². The highest BCUT2D eigenvalue weighted by Crippen LogP contribution is 2.29. The second-order valence-electron chi connectivity index (χ2n) is 6.22. The number of benzene rings is 1. The van der Waals surface area contributed by atoms with Crippen molar-refractivity contribution in [1.29, 1.82) is 0 Å². The summed E-state index contributed by atoms with van der Waals surface area (Å²) in [5, 5.41) is 3.45. The van der Waals surface area contributed by atoms with Gasteiger partial charge in [0.2, 0.25) is 0 Å². The van der Waals surface area contributed by atoms with E-state index in [2.05, 4.69) is 85.1 Å². The first-order valence-corrected chi connectivity index (χ1v) is 7.57. The van der Waals surface area contributed by atoms with Gasteiger partial charge in [0.25, 0.3) is 0 Å². The summed E-state index contributed by atoms with van der Waals surface area (Å²) in [7, 11) is 0. The Morgan fingerprint density at radius 2 is 1.75 bits per heavy atom. The Morgan fingerprint density at radius 3 is 2.35 bits per heavy atom. The van der Waals surface area contributed by atoms with Crippen LogP contribution in [0.4, 0.5) is 11.5 Å². The molecule has 1 aromatic heterocycles. The Balaban J connectivity index is 2.38. The van der Waals surface area contributed by atoms with Crippen LogP contribution >= 0.6 is 15.9 Å². The molecule has 2 nitrogen and oxygen atoms in total. The fourth-order valence-electron chi connectivity index (χ4n) is 2.02. The number of hydrogen-bond donors (Lipinski definition) is 1. The second kappa shape index (κ2) is 5.57. The maximum Gasteiger partial charge on any atom is 0.133 e. The molecule has 0 bridgehead atoms. The fourth-order valence-corrected chi connectivity index (χ4v) is 2.47. The lowest BCUT2D eigenvalue weighted by atomic mass is 9.86. The molecule has 0 fully saturated rings. The molecule has 0 aliphatic rings. The van der Waals surface area contributed by atoms with Gasteiger partial charge in [0, 0.05) is 16.4 Å². The number of aryl methyl sites for hydroxylation is 2. The van der Waals surface area contributed by atoms with Crippen LogP contribution in [-0.4, -0.2) is 4.98 Å². The maximum absolute atomic E-state index is 4.45. The van der Waals surface area contributed by atoms with Crippen LogP contribution in [0.1, 0.15) is 37.5 Å². The van der Waals surface area contributed by atoms with E-state index in [0.29, 0.717) is 0 Å². The number of nitrogens with zero attached hydrogens (tertiary/aromatic N) is 1. The van der Waals surface area contributed by atoms with E-state index in [4.69, 9.17) is 0 Å². The summed E-state index contributed by atoms with van der Waals surface area (Å²) in [5.41, 5.74) is 4.93. The molecule has 2 aromatic rings. The number of rotatable bonds is 2. The average molecular weight is 333 g/mol. The molecule has 106 valence electrons. The molecule has 20 heavy (non-hydrogen) atoms. The van der Waals surface area contributed by atoms with Crippen molar-refractivity contribution in [1.82, 2.24) is 4.98 Å². The summed E-state index contributed by atoms with van der Waals surface area (Å²) in [6, 6.07) is 8.65. The van der Waals surface area contributed by atoms with Crippen LogP contribution in [0.3, 0.4) is 0 Å². The van der Waals surface area contributed by atoms with Crippen LogP contribution in [0.25, 0.3) is 0 Å². The van der Waals surface area contributed by atoms with Crippen molar-refractivity contribution in [3.63, 3.8) is 0 Å². The normalized spacial score (nSPS) is 11.5. The van der Waals surface area contributed by atoms with Gasteiger partial charge in [0.15, 0.2) is 0 Å². The summed E-state index contributed by atoms with van der Waals surface area (Å²) in [6.07, 6.45) is 1.82. The Bertz CT molecular complexity index is 627. The van der Waals surface area contributed by atoms with E-state index >= 15 is 0 Å². The van der Waals surface area contributed by atoms with E-state index in [9.17, 15) is 0 Å². The standard InChI is InChI=1S/C17H21BrN2/c1-11-6-7-13(17(3,4)5)9-15(11)20-16-12(2)8-14(18)10-19-16/h6-10H,1-5H3,(H,19,20). The zero-order valence-corrected chi connectivity index (χ0v) is 14.3. The molecule has 0 spiro atoms. The third-order valence-electron chi connectivity index (χ3n) is 3.40. The van der Waals surface area contributed by atoms with Gasteiger partial charge in [-0.3, -0.25) is 0 Å². The van der Waals surface area contributed by atoms with Gasteiger partial charge >= 0.3 is 0 Å². The van der Waals surface area contributed by atoms with Crippen molar-refractivity contribution in [3.05, 3.63) is 51.6 Å². The van der Waals surface area contributed by atoms with Crippen LogP contribution < -0.4 is 5.32 Å². The molecule has 0 aliphatic carbocycles. The first-order valence-electron chi connectivity index (χ1n) is 6.77. The van der Waals surface area contributed by atoms with Crippen LogP contribution in [0.15, 0.2) is 34.9 Å². The maximum atomic E-state index is 4.45. The Morgan fingerprint density at radius 1 is 1.05 bits per heavy atom. The van der Waals surface area contributed by atoms with Gasteiger partial charge in [-0.15, -0.1) is 0 Å². The minimum Gasteiger partial charge on any atom is -0.340 e. The molecule has 1 N–H and O–H groups in total. The molecule has 1 aromatic carbocycles. The van der Waals surface area contributed by atoms with Crippen LogP contribution in [0.5, 0.6) is 0 Å². The number of pyridine rings is 1. The van der Waals surface area contributed by atoms with E-state index in [1.165, 1.54) is 11.1 Å². The largest absolute Gasteiger partial charge is 0.340 e. The van der Waals surface area contributed by atoms with Gasteiger partial charge < -0.3 is 5.32 Å². The van der Waals surface area contributed by atoms with E-state index in [1.54, 1.807) is 0 Å². The number of nitrogens with one attached hydrogen (secondary N) is 1. The van der Waals surface area contributed by atoms with Gasteiger partial charge in [0.1, 0.15) is 5.82 Å². The van der Waals surface area contributed by atoms with Crippen molar-refractivity contribution in [2.24, 2.45) is 0 Å². The summed E-state index contributed by atoms with van der Waals surface area (Å²) in [4.78, 5) is 4.45. The second-order valence-corrected chi connectivity index (χ2v) is 7.14. The van der Waals surface area contributed by atoms with Crippen molar-refractivity contribution in [3.8, 4) is 0 Å². The number of hydrogen-bond acceptors (Lipinski definition) is 2. The van der Waals surface area contributed by atoms with Crippen LogP contribution in [0, 0.1) is 13.8 Å². The summed E-state index contributed by atoms with van der Waals surface area (Å²) in [5.74, 6) is 0.905. The zero-order valence-electron chi connectivity index (χ0n) is 12.7. The van der Waals surface area contributed by atoms with Crippen molar-refractivity contribution in [2.75, 3.05) is 5.32 Å². The van der Waals surface area contributed by atoms with Gasteiger partial charge in [-0.2, -0.15) is 0 Å². The van der Waals surface area contributed by atoms with Crippen molar-refractivity contribution in [2.45, 2.75) is 40.0 Å². The van der Waals surface area contributed by atoms with E-state index in [0.717, 1.165) is 21.5 Å². The van der Waals surface area contributed by atoms with Crippen molar-refractivity contribution < 1.29 is 0 Å². The molecule has 1 heterocycles. The highest BCUT2D eigenvalue weighted by Gasteiger charge is 2.15. The van der Waals surface area contributed by atoms with E-state index < -0.39 is 0 Å². The molecular formula is C17H21BrN2. The highest BCUT2D eigenvalue weighted by molar-refractivity contribution is 9.10. The van der Waals surface area contributed by atoms with Crippen molar-refractivity contribution >= 4 is 27.4 Å². The zero-order chi connectivity index (χ0) is 14.9. The summed E-state index contributed by atoms with van der Waals surface area (Å²) in [6.45, 7) is 10.9. The predicted octanol–water partition coefficient (Wildman–Crippen LogP) is 5.50. The molecule has 0 unspecified atom stereocenters. The molecule has 0 radical (unpaired) electrons. The predicted molar refractivity (Wildman–Crippen MR) is 89.8 cm³/mol. The minimum absolute atomic E-state index is 0.145. The van der Waals surface area contributed by atoms with E-state index in [-0.39, 0.29) is 5.41 Å². The molecule has 0 saturated carbocycles. The number of aromatic nitrogens is 1. The minimum atomic E-state index is 0.145. The monoisotopic (exact) mass is 332 g/mol. The lowest BCUT2D eigenvalue weighted by molar-refractivity contribution is 0.590. The van der Waals surface area contributed by atoms with Gasteiger partial charge in [-0.1, -0.05) is 32.9 Å². The number of halogens is 1. The SMILES string of the molecule is Cc1ccc(C(C)(C)C)cc1Nc1ncc(Br)cc1C. The molecule has 0 saturated heterocycles. The lowest BCUT2D eigenvalue weighted by Crippen LogP contribution is -2.11. The van der Waals surface area contributed by atoms with Gasteiger partial charge in [-0.05, 0) is 64.0 Å². The Labute approximate surface area is 129 Å². The molecule has 3 heteroatoms. The number of anilines is 2. The summed E-state index contributed by atoms with van der Waals surface area (Å²) < 4.78 is 1.00. The average Bonchev–Trinajstić information content (AvgIpc) is 2.33. The smallest absolute Gasteiger partial charge is 0.133 e. The highest BCUT2D eigenvalue weighted by atomic mass is 79.9. The molecule has 0 aliphatic heterocycles. The first kappa shape index (κ1) is 15.0. The van der Waals surface area contributed by atoms with E-state index in [1.807, 2.05) is 6.20 Å². The molecule has 0 amide bonds. The Kier molecular flexibility index (Phi) is 4.19. The fraction of sp³-hybridized carbons (Fsp3) is 0.353. The van der Waals surface area contributed by atoms with Gasteiger partial charge in [0.05, 0.1) is 0 Å². The molecule has 2 rings (SSSR count). The first-order chi connectivity index (χ1) is 9.27. The lowest BCUT2D eigenvalue weighted by Gasteiger charge is -2.21. The topological polar surface area (TPSA) is 24.9 Å². The quantitative estimate of drug-likeness (QED) is 0.785. The Hall–Kier alpha value is -1.35. The summed E-state index contributed by atoms with van der Waals surface area (Å²) >= 11 is 3.44. The third-order valence-corrected chi connectivity index (χ3v) is 3.84. The third kappa shape index (κ3) is 3.40. The van der Waals surface area contributed by atoms with Crippen LogP contribution in [0.2, 0.25) is 0 Å². The van der Waals surface area contributed by atoms with Gasteiger partial charge in [-0.25, -0.2) is 4.98 Å².